The molecule has 7 heteroatoms. The normalized spacial score (nSPS) is 24.7. The molecule has 0 aromatic heterocycles. The van der Waals surface area contributed by atoms with E-state index in [2.05, 4.69) is 26.1 Å². The average molecular weight is 459 g/mol. The first-order valence-electron chi connectivity index (χ1n) is 9.36. The number of rotatable bonds is 4. The van der Waals surface area contributed by atoms with Crippen molar-refractivity contribution in [2.24, 2.45) is 5.41 Å². The summed E-state index contributed by atoms with van der Waals surface area (Å²) in [4.78, 5) is 12.1. The van der Waals surface area contributed by atoms with E-state index in [4.69, 9.17) is 34.8 Å². The van der Waals surface area contributed by atoms with Gasteiger partial charge in [0.25, 0.3) is 0 Å². The minimum absolute atomic E-state index is 0.0889. The van der Waals surface area contributed by atoms with E-state index in [0.717, 1.165) is 0 Å². The summed E-state index contributed by atoms with van der Waals surface area (Å²) in [5.41, 5.74) is 1.06. The van der Waals surface area contributed by atoms with E-state index in [9.17, 15) is 14.3 Å². The molecule has 1 saturated heterocycles. The lowest BCUT2D eigenvalue weighted by Crippen LogP contribution is -2.39. The maximum atomic E-state index is 15.0. The Bertz CT molecular complexity index is 929. The third-order valence-electron chi connectivity index (χ3n) is 5.32. The van der Waals surface area contributed by atoms with E-state index < -0.39 is 29.7 Å². The molecule has 2 N–H and O–H groups in total. The standard InChI is InChI=1S/C22H23Cl3FNO2/c1-22(2,3)10-17-19(13-6-5-12(23)9-16(13)26)18(20(27-17)21(28)29)11-4-7-14(24)15(25)8-11/h4-9,17-20,27H,10H2,1-3H3,(H,28,29). The maximum absolute atomic E-state index is 15.0. The quantitative estimate of drug-likeness (QED) is 0.549. The minimum Gasteiger partial charge on any atom is -0.480 e. The van der Waals surface area contributed by atoms with Gasteiger partial charge in [-0.05, 0) is 47.2 Å². The van der Waals surface area contributed by atoms with Crippen molar-refractivity contribution in [2.45, 2.75) is 51.1 Å². The number of carbonyl (C=O) groups is 1. The molecule has 1 fully saturated rings. The zero-order valence-corrected chi connectivity index (χ0v) is 18.6. The Morgan fingerprint density at radius 2 is 1.76 bits per heavy atom. The van der Waals surface area contributed by atoms with Crippen molar-refractivity contribution in [1.82, 2.24) is 5.32 Å². The second-order valence-electron chi connectivity index (χ2n) is 8.74. The summed E-state index contributed by atoms with van der Waals surface area (Å²) in [6.45, 7) is 6.23. The molecule has 29 heavy (non-hydrogen) atoms. The van der Waals surface area contributed by atoms with E-state index in [1.165, 1.54) is 6.07 Å². The van der Waals surface area contributed by atoms with E-state index in [1.54, 1.807) is 30.3 Å². The van der Waals surface area contributed by atoms with Crippen LogP contribution in [0.1, 0.15) is 50.2 Å². The third kappa shape index (κ3) is 4.88. The number of nitrogens with one attached hydrogen (secondary N) is 1. The molecule has 1 aliphatic rings. The Balaban J connectivity index is 2.17. The summed E-state index contributed by atoms with van der Waals surface area (Å²) in [6.07, 6.45) is 0.668. The molecular weight excluding hydrogens is 436 g/mol. The Kier molecular flexibility index (Phi) is 6.50. The molecule has 3 rings (SSSR count). The van der Waals surface area contributed by atoms with Gasteiger partial charge in [0.05, 0.1) is 10.0 Å². The van der Waals surface area contributed by atoms with E-state index in [0.29, 0.717) is 32.6 Å². The molecule has 2 aromatic carbocycles. The zero-order chi connectivity index (χ0) is 21.5. The molecule has 0 saturated carbocycles. The zero-order valence-electron chi connectivity index (χ0n) is 16.3. The molecule has 2 aromatic rings. The fourth-order valence-electron chi connectivity index (χ4n) is 4.27. The Hall–Kier alpha value is -1.33. The molecule has 1 heterocycles. The van der Waals surface area contributed by atoms with E-state index in [1.807, 2.05) is 0 Å². The first-order chi connectivity index (χ1) is 13.5. The lowest BCUT2D eigenvalue weighted by Gasteiger charge is -2.30. The van der Waals surface area contributed by atoms with Gasteiger partial charge in [-0.15, -0.1) is 0 Å². The number of hydrogen-bond donors (Lipinski definition) is 2. The van der Waals surface area contributed by atoms with Crippen molar-refractivity contribution in [3.63, 3.8) is 0 Å². The number of benzene rings is 2. The first kappa shape index (κ1) is 22.4. The van der Waals surface area contributed by atoms with Crippen molar-refractivity contribution < 1.29 is 14.3 Å². The maximum Gasteiger partial charge on any atom is 0.321 e. The smallest absolute Gasteiger partial charge is 0.321 e. The molecule has 4 atom stereocenters. The lowest BCUT2D eigenvalue weighted by molar-refractivity contribution is -0.139. The van der Waals surface area contributed by atoms with Crippen LogP contribution in [0.25, 0.3) is 0 Å². The fraction of sp³-hybridized carbons (Fsp3) is 0.409. The molecule has 3 nitrogen and oxygen atoms in total. The lowest BCUT2D eigenvalue weighted by atomic mass is 9.74. The number of carboxylic acid groups (broad SMARTS) is 1. The van der Waals surface area contributed by atoms with Crippen LogP contribution < -0.4 is 5.32 Å². The van der Waals surface area contributed by atoms with Crippen LogP contribution in [0.2, 0.25) is 15.1 Å². The second kappa shape index (κ2) is 8.43. The van der Waals surface area contributed by atoms with Crippen molar-refractivity contribution >= 4 is 40.8 Å². The summed E-state index contributed by atoms with van der Waals surface area (Å²) >= 11 is 18.2. The van der Waals surface area contributed by atoms with Crippen molar-refractivity contribution in [3.8, 4) is 0 Å². The van der Waals surface area contributed by atoms with Crippen molar-refractivity contribution in [3.05, 3.63) is 68.4 Å². The third-order valence-corrected chi connectivity index (χ3v) is 6.30. The highest BCUT2D eigenvalue weighted by Crippen LogP contribution is 2.48. The summed E-state index contributed by atoms with van der Waals surface area (Å²) in [7, 11) is 0. The van der Waals surface area contributed by atoms with Crippen LogP contribution in [-0.2, 0) is 4.79 Å². The molecule has 0 bridgehead atoms. The Morgan fingerprint density at radius 3 is 2.31 bits per heavy atom. The minimum atomic E-state index is -0.989. The van der Waals surface area contributed by atoms with Gasteiger partial charge in [-0.2, -0.15) is 0 Å². The molecule has 156 valence electrons. The van der Waals surface area contributed by atoms with Gasteiger partial charge in [-0.1, -0.05) is 67.7 Å². The number of carboxylic acids is 1. The summed E-state index contributed by atoms with van der Waals surface area (Å²) < 4.78 is 15.0. The van der Waals surface area contributed by atoms with Crippen LogP contribution in [0, 0.1) is 11.2 Å². The van der Waals surface area contributed by atoms with Crippen molar-refractivity contribution in [1.29, 1.82) is 0 Å². The molecule has 0 spiro atoms. The van der Waals surface area contributed by atoms with Crippen LogP contribution in [0.15, 0.2) is 36.4 Å². The predicted octanol–water partition coefficient (Wildman–Crippen LogP) is 6.51. The van der Waals surface area contributed by atoms with E-state index in [-0.39, 0.29) is 11.5 Å². The topological polar surface area (TPSA) is 49.3 Å². The van der Waals surface area contributed by atoms with Crippen molar-refractivity contribution in [2.75, 3.05) is 0 Å². The van der Waals surface area contributed by atoms with Gasteiger partial charge in [-0.3, -0.25) is 4.79 Å². The second-order valence-corrected chi connectivity index (χ2v) is 10.00. The van der Waals surface area contributed by atoms with Gasteiger partial charge in [0, 0.05) is 22.9 Å². The Morgan fingerprint density at radius 1 is 1.07 bits per heavy atom. The van der Waals surface area contributed by atoms with E-state index >= 15 is 0 Å². The average Bonchev–Trinajstić information content (AvgIpc) is 2.95. The van der Waals surface area contributed by atoms with Gasteiger partial charge in [-0.25, -0.2) is 4.39 Å². The molecule has 1 aliphatic heterocycles. The highest BCUT2D eigenvalue weighted by atomic mass is 35.5. The molecule has 0 aliphatic carbocycles. The van der Waals surface area contributed by atoms with Gasteiger partial charge in [0.1, 0.15) is 11.9 Å². The predicted molar refractivity (Wildman–Crippen MR) is 116 cm³/mol. The SMILES string of the molecule is CC(C)(C)CC1NC(C(=O)O)C(c2ccc(Cl)c(Cl)c2)C1c1ccc(Cl)cc1F. The molecule has 4 unspecified atom stereocenters. The highest BCUT2D eigenvalue weighted by Gasteiger charge is 2.49. The monoisotopic (exact) mass is 457 g/mol. The highest BCUT2D eigenvalue weighted by molar-refractivity contribution is 6.42. The fourth-order valence-corrected chi connectivity index (χ4v) is 4.73. The van der Waals surface area contributed by atoms with Gasteiger partial charge in [0.15, 0.2) is 0 Å². The summed E-state index contributed by atoms with van der Waals surface area (Å²) in [6, 6.07) is 8.49. The summed E-state index contributed by atoms with van der Waals surface area (Å²) in [5, 5.41) is 14.2. The molecule has 0 radical (unpaired) electrons. The number of aliphatic carboxylic acids is 1. The van der Waals surface area contributed by atoms with Crippen LogP contribution >= 0.6 is 34.8 Å². The largest absolute Gasteiger partial charge is 0.480 e. The van der Waals surface area contributed by atoms with Crippen LogP contribution in [0.3, 0.4) is 0 Å². The number of halogens is 4. The molecule has 0 amide bonds. The van der Waals surface area contributed by atoms with Gasteiger partial charge >= 0.3 is 5.97 Å². The summed E-state index contributed by atoms with van der Waals surface area (Å²) in [5.74, 6) is -2.37. The Labute approximate surface area is 185 Å². The van der Waals surface area contributed by atoms with Crippen LogP contribution in [0.5, 0.6) is 0 Å². The molecular formula is C22H23Cl3FNO2. The first-order valence-corrected chi connectivity index (χ1v) is 10.5. The van der Waals surface area contributed by atoms with Gasteiger partial charge in [0.2, 0.25) is 0 Å². The number of hydrogen-bond acceptors (Lipinski definition) is 2. The van der Waals surface area contributed by atoms with Crippen LogP contribution in [-0.4, -0.2) is 23.2 Å². The van der Waals surface area contributed by atoms with Crippen LogP contribution in [0.4, 0.5) is 4.39 Å². The van der Waals surface area contributed by atoms with Gasteiger partial charge < -0.3 is 10.4 Å².